The van der Waals surface area contributed by atoms with Crippen molar-refractivity contribution >= 4 is 10.7 Å². The van der Waals surface area contributed by atoms with Gasteiger partial charge < -0.3 is 5.73 Å². The fraction of sp³-hybridized carbons (Fsp3) is 1.00. The van der Waals surface area contributed by atoms with Gasteiger partial charge in [0.25, 0.3) is 0 Å². The van der Waals surface area contributed by atoms with Gasteiger partial charge in [0.05, 0.1) is 5.25 Å². The smallest absolute Gasteiger partial charge is 0.143 e. The highest BCUT2D eigenvalue weighted by Crippen LogP contribution is 2.18. The summed E-state index contributed by atoms with van der Waals surface area (Å²) in [6.45, 7) is 0. The van der Waals surface area contributed by atoms with Gasteiger partial charge in [-0.1, -0.05) is 0 Å². The summed E-state index contributed by atoms with van der Waals surface area (Å²) in [6, 6.07) is 0.242. The first-order chi connectivity index (χ1) is 4.70. The minimum absolute atomic E-state index is 0.0881. The summed E-state index contributed by atoms with van der Waals surface area (Å²) in [6.07, 6.45) is 3.27. The largest absolute Gasteiger partial charge is 0.328 e. The van der Waals surface area contributed by atoms with E-state index < -0.39 is 10.7 Å². The Labute approximate surface area is 62.6 Å². The van der Waals surface area contributed by atoms with Crippen LogP contribution in [0.25, 0.3) is 0 Å². The third-order valence-corrected chi connectivity index (χ3v) is 3.15. The maximum Gasteiger partial charge on any atom is 0.143 e. The first-order valence-electron chi connectivity index (χ1n) is 3.59. The van der Waals surface area contributed by atoms with Crippen LogP contribution in [0.4, 0.5) is 0 Å². The third kappa shape index (κ3) is 1.95. The molecule has 0 unspecified atom stereocenters. The first-order valence-corrected chi connectivity index (χ1v) is 4.84. The Hall–Kier alpha value is -0.0900. The lowest BCUT2D eigenvalue weighted by Crippen LogP contribution is -2.29. The van der Waals surface area contributed by atoms with Gasteiger partial charge in [-0.2, -0.15) is 0 Å². The van der Waals surface area contributed by atoms with E-state index in [4.69, 9.17) is 5.73 Å². The molecule has 1 fully saturated rings. The SMILES string of the molecule is N[C@H]1CC[C@@H]([SH](=O)=O)CC1. The molecule has 0 aromatic rings. The molecule has 0 spiro atoms. The Balaban J connectivity index is 2.40. The number of nitrogens with two attached hydrogens (primary N) is 1. The highest BCUT2D eigenvalue weighted by molar-refractivity contribution is 7.73. The molecule has 1 aliphatic rings. The van der Waals surface area contributed by atoms with Gasteiger partial charge in [0.15, 0.2) is 0 Å². The van der Waals surface area contributed by atoms with Crippen molar-refractivity contribution in [2.45, 2.75) is 37.0 Å². The fourth-order valence-corrected chi connectivity index (χ4v) is 2.03. The minimum atomic E-state index is -2.19. The van der Waals surface area contributed by atoms with E-state index in [-0.39, 0.29) is 11.3 Å². The molecule has 2 N–H and O–H groups in total. The fourth-order valence-electron chi connectivity index (χ4n) is 1.31. The summed E-state index contributed by atoms with van der Waals surface area (Å²) < 4.78 is 20.9. The lowest BCUT2D eigenvalue weighted by Gasteiger charge is -2.21. The Bertz CT molecular complexity index is 163. The zero-order chi connectivity index (χ0) is 7.56. The number of rotatable bonds is 1. The second-order valence-corrected chi connectivity index (χ2v) is 4.15. The van der Waals surface area contributed by atoms with Crippen molar-refractivity contribution in [3.63, 3.8) is 0 Å². The molecule has 0 aromatic carbocycles. The van der Waals surface area contributed by atoms with Crippen LogP contribution in [0, 0.1) is 0 Å². The Morgan fingerprint density at radius 3 is 2.00 bits per heavy atom. The average molecular weight is 163 g/mol. The van der Waals surface area contributed by atoms with E-state index in [1.165, 1.54) is 0 Å². The van der Waals surface area contributed by atoms with Crippen LogP contribution in [-0.2, 0) is 10.7 Å². The van der Waals surface area contributed by atoms with Crippen molar-refractivity contribution < 1.29 is 8.42 Å². The van der Waals surface area contributed by atoms with E-state index in [1.54, 1.807) is 0 Å². The summed E-state index contributed by atoms with van der Waals surface area (Å²) in [4.78, 5) is 0. The van der Waals surface area contributed by atoms with Crippen LogP contribution in [0.5, 0.6) is 0 Å². The van der Waals surface area contributed by atoms with Gasteiger partial charge in [0, 0.05) is 6.04 Å². The molecular weight excluding hydrogens is 150 g/mol. The summed E-state index contributed by atoms with van der Waals surface area (Å²) >= 11 is 0. The molecule has 1 rings (SSSR count). The summed E-state index contributed by atoms with van der Waals surface area (Å²) in [5.74, 6) is 0. The Morgan fingerprint density at radius 2 is 1.60 bits per heavy atom. The molecule has 10 heavy (non-hydrogen) atoms. The Morgan fingerprint density at radius 1 is 1.10 bits per heavy atom. The summed E-state index contributed by atoms with van der Waals surface area (Å²) in [5, 5.41) is -0.0881. The summed E-state index contributed by atoms with van der Waals surface area (Å²) in [7, 11) is -2.19. The highest BCUT2D eigenvalue weighted by Gasteiger charge is 2.19. The van der Waals surface area contributed by atoms with Crippen LogP contribution < -0.4 is 5.73 Å². The molecule has 0 amide bonds. The van der Waals surface area contributed by atoms with E-state index in [1.807, 2.05) is 0 Å². The van der Waals surface area contributed by atoms with E-state index in [2.05, 4.69) is 0 Å². The first kappa shape index (κ1) is 8.01. The average Bonchev–Trinajstić information content (AvgIpc) is 1.88. The zero-order valence-corrected chi connectivity index (χ0v) is 6.72. The van der Waals surface area contributed by atoms with Crippen molar-refractivity contribution in [1.82, 2.24) is 0 Å². The number of hydrogen-bond acceptors (Lipinski definition) is 3. The molecule has 0 aliphatic heterocycles. The summed E-state index contributed by atoms with van der Waals surface area (Å²) in [5.41, 5.74) is 5.60. The van der Waals surface area contributed by atoms with E-state index in [0.29, 0.717) is 0 Å². The predicted molar refractivity (Wildman–Crippen MR) is 40.5 cm³/mol. The van der Waals surface area contributed by atoms with Crippen molar-refractivity contribution in [3.05, 3.63) is 0 Å². The van der Waals surface area contributed by atoms with Crippen LogP contribution in [0.2, 0.25) is 0 Å². The number of hydrogen-bond donors (Lipinski definition) is 2. The molecule has 60 valence electrons. The predicted octanol–water partition coefficient (Wildman–Crippen LogP) is -0.132. The molecule has 3 nitrogen and oxygen atoms in total. The Kier molecular flexibility index (Phi) is 2.68. The zero-order valence-electron chi connectivity index (χ0n) is 5.82. The molecule has 1 saturated carbocycles. The van der Waals surface area contributed by atoms with Crippen LogP contribution in [0.1, 0.15) is 25.7 Å². The second kappa shape index (κ2) is 3.34. The molecule has 0 bridgehead atoms. The van der Waals surface area contributed by atoms with Gasteiger partial charge in [-0.15, -0.1) is 0 Å². The van der Waals surface area contributed by atoms with Gasteiger partial charge in [-0.3, -0.25) is 0 Å². The topological polar surface area (TPSA) is 60.2 Å². The molecular formula is C6H13NO2S. The lowest BCUT2D eigenvalue weighted by atomic mass is 9.96. The lowest BCUT2D eigenvalue weighted by molar-refractivity contribution is 0.439. The van der Waals surface area contributed by atoms with Gasteiger partial charge >= 0.3 is 0 Å². The van der Waals surface area contributed by atoms with Crippen LogP contribution in [0.3, 0.4) is 0 Å². The van der Waals surface area contributed by atoms with Gasteiger partial charge in [0.1, 0.15) is 10.7 Å². The molecule has 0 heterocycles. The van der Waals surface area contributed by atoms with Crippen molar-refractivity contribution in [3.8, 4) is 0 Å². The van der Waals surface area contributed by atoms with E-state index >= 15 is 0 Å². The minimum Gasteiger partial charge on any atom is -0.328 e. The van der Waals surface area contributed by atoms with Gasteiger partial charge in [0.2, 0.25) is 0 Å². The van der Waals surface area contributed by atoms with Crippen LogP contribution >= 0.6 is 0 Å². The van der Waals surface area contributed by atoms with Crippen LogP contribution in [0.15, 0.2) is 0 Å². The van der Waals surface area contributed by atoms with Crippen LogP contribution in [-0.4, -0.2) is 19.7 Å². The normalized spacial score (nSPS) is 34.6. The third-order valence-electron chi connectivity index (χ3n) is 2.04. The molecule has 1 aliphatic carbocycles. The molecule has 0 radical (unpaired) electrons. The van der Waals surface area contributed by atoms with Crippen molar-refractivity contribution in [2.24, 2.45) is 5.73 Å². The maximum atomic E-state index is 10.5. The monoisotopic (exact) mass is 163 g/mol. The molecule has 0 atom stereocenters. The standard InChI is InChI=1S/C6H13NO2S/c7-5-1-3-6(4-2-5)10(8)9/h5-6,10H,1-4,7H2/t5-,6+. The van der Waals surface area contributed by atoms with Gasteiger partial charge in [-0.25, -0.2) is 8.42 Å². The highest BCUT2D eigenvalue weighted by atomic mass is 32.2. The van der Waals surface area contributed by atoms with E-state index in [0.717, 1.165) is 25.7 Å². The number of thiol groups is 1. The van der Waals surface area contributed by atoms with Crippen molar-refractivity contribution in [2.75, 3.05) is 0 Å². The second-order valence-electron chi connectivity index (χ2n) is 2.85. The molecule has 0 aromatic heterocycles. The maximum absolute atomic E-state index is 10.5. The quantitative estimate of drug-likeness (QED) is 0.529. The van der Waals surface area contributed by atoms with Gasteiger partial charge in [-0.05, 0) is 25.7 Å². The van der Waals surface area contributed by atoms with Crippen molar-refractivity contribution in [1.29, 1.82) is 0 Å². The van der Waals surface area contributed by atoms with E-state index in [9.17, 15) is 8.42 Å². The molecule has 0 saturated heterocycles. The molecule has 4 heteroatoms.